The highest BCUT2D eigenvalue weighted by molar-refractivity contribution is 6.31. The summed E-state index contributed by atoms with van der Waals surface area (Å²) in [4.78, 5) is 11.2. The molecule has 2 N–H and O–H groups in total. The summed E-state index contributed by atoms with van der Waals surface area (Å²) in [5.41, 5.74) is 1.87. The molecular formula is C12H14ClNO2. The number of hydrogen-bond donors (Lipinski definition) is 2. The van der Waals surface area contributed by atoms with E-state index in [9.17, 15) is 4.79 Å². The molecule has 0 spiro atoms. The molecule has 0 saturated heterocycles. The Morgan fingerprint density at radius 1 is 1.56 bits per heavy atom. The van der Waals surface area contributed by atoms with Gasteiger partial charge in [0, 0.05) is 17.6 Å². The Bertz CT molecular complexity index is 402. The first-order chi connectivity index (χ1) is 7.63. The summed E-state index contributed by atoms with van der Waals surface area (Å²) in [6, 6.07) is 5.58. The van der Waals surface area contributed by atoms with E-state index in [0.29, 0.717) is 5.02 Å². The van der Waals surface area contributed by atoms with Gasteiger partial charge in [-0.1, -0.05) is 23.7 Å². The molecule has 86 valence electrons. The van der Waals surface area contributed by atoms with Gasteiger partial charge in [-0.2, -0.15) is 0 Å². The first-order valence-corrected chi connectivity index (χ1v) is 5.34. The SMILES string of the molecule is Cc1ccc(/C=C/C(=O)NCCO)cc1Cl. The van der Waals surface area contributed by atoms with Crippen molar-refractivity contribution in [2.24, 2.45) is 0 Å². The molecule has 0 aliphatic carbocycles. The van der Waals surface area contributed by atoms with Crippen LogP contribution in [0.3, 0.4) is 0 Å². The van der Waals surface area contributed by atoms with Gasteiger partial charge < -0.3 is 10.4 Å². The zero-order valence-electron chi connectivity index (χ0n) is 9.03. The number of aryl methyl sites for hydroxylation is 1. The van der Waals surface area contributed by atoms with Crippen LogP contribution < -0.4 is 5.32 Å². The van der Waals surface area contributed by atoms with Crippen molar-refractivity contribution in [3.05, 3.63) is 40.4 Å². The van der Waals surface area contributed by atoms with E-state index in [1.54, 1.807) is 12.1 Å². The first kappa shape index (κ1) is 12.7. The summed E-state index contributed by atoms with van der Waals surface area (Å²) in [5, 5.41) is 11.7. The van der Waals surface area contributed by atoms with E-state index in [-0.39, 0.29) is 19.1 Å². The summed E-state index contributed by atoms with van der Waals surface area (Å²) in [6.07, 6.45) is 3.09. The van der Waals surface area contributed by atoms with Crippen LogP contribution in [0, 0.1) is 6.92 Å². The van der Waals surface area contributed by atoms with Crippen molar-refractivity contribution in [3.63, 3.8) is 0 Å². The number of aliphatic hydroxyl groups excluding tert-OH is 1. The van der Waals surface area contributed by atoms with Gasteiger partial charge >= 0.3 is 0 Å². The molecule has 1 rings (SSSR count). The fourth-order valence-electron chi connectivity index (χ4n) is 1.12. The van der Waals surface area contributed by atoms with Gasteiger partial charge in [-0.3, -0.25) is 4.79 Å². The molecule has 0 heterocycles. The second-order valence-corrected chi connectivity index (χ2v) is 3.76. The number of carbonyl (C=O) groups excluding carboxylic acids is 1. The van der Waals surface area contributed by atoms with E-state index in [0.717, 1.165) is 11.1 Å². The smallest absolute Gasteiger partial charge is 0.244 e. The van der Waals surface area contributed by atoms with Crippen LogP contribution in [0.4, 0.5) is 0 Å². The standard InChI is InChI=1S/C12H14ClNO2/c1-9-2-3-10(8-11(9)13)4-5-12(16)14-6-7-15/h2-5,8,15H,6-7H2,1H3,(H,14,16)/b5-4+. The van der Waals surface area contributed by atoms with Gasteiger partial charge in [-0.25, -0.2) is 0 Å². The fraction of sp³-hybridized carbons (Fsp3) is 0.250. The van der Waals surface area contributed by atoms with Gasteiger partial charge in [0.1, 0.15) is 0 Å². The lowest BCUT2D eigenvalue weighted by Crippen LogP contribution is -2.24. The maximum atomic E-state index is 11.2. The lowest BCUT2D eigenvalue weighted by atomic mass is 10.1. The molecule has 0 radical (unpaired) electrons. The van der Waals surface area contributed by atoms with E-state index >= 15 is 0 Å². The summed E-state index contributed by atoms with van der Waals surface area (Å²) in [7, 11) is 0. The number of nitrogens with one attached hydrogen (secondary N) is 1. The molecule has 4 heteroatoms. The van der Waals surface area contributed by atoms with Crippen molar-refractivity contribution in [2.75, 3.05) is 13.2 Å². The predicted molar refractivity (Wildman–Crippen MR) is 65.3 cm³/mol. The number of rotatable bonds is 4. The Labute approximate surface area is 99.7 Å². The van der Waals surface area contributed by atoms with Gasteiger partial charge in [0.2, 0.25) is 5.91 Å². The molecule has 1 aromatic carbocycles. The zero-order valence-corrected chi connectivity index (χ0v) is 9.79. The van der Waals surface area contributed by atoms with Crippen molar-refractivity contribution < 1.29 is 9.90 Å². The normalized spacial score (nSPS) is 10.7. The van der Waals surface area contributed by atoms with Crippen molar-refractivity contribution in [1.29, 1.82) is 0 Å². The van der Waals surface area contributed by atoms with E-state index in [4.69, 9.17) is 16.7 Å². The minimum Gasteiger partial charge on any atom is -0.395 e. The van der Waals surface area contributed by atoms with Crippen LogP contribution in [-0.4, -0.2) is 24.2 Å². The number of carbonyl (C=O) groups is 1. The molecule has 3 nitrogen and oxygen atoms in total. The van der Waals surface area contributed by atoms with E-state index < -0.39 is 0 Å². The molecule has 0 aliphatic heterocycles. The van der Waals surface area contributed by atoms with Gasteiger partial charge in [-0.05, 0) is 30.2 Å². The van der Waals surface area contributed by atoms with Crippen LogP contribution in [0.15, 0.2) is 24.3 Å². The fourth-order valence-corrected chi connectivity index (χ4v) is 1.31. The lowest BCUT2D eigenvalue weighted by Gasteiger charge is -1.99. The molecule has 0 bridgehead atoms. The Kier molecular flexibility index (Phi) is 5.02. The van der Waals surface area contributed by atoms with Crippen LogP contribution in [0.2, 0.25) is 5.02 Å². The number of amides is 1. The Morgan fingerprint density at radius 2 is 2.31 bits per heavy atom. The van der Waals surface area contributed by atoms with E-state index in [2.05, 4.69) is 5.32 Å². The first-order valence-electron chi connectivity index (χ1n) is 4.96. The third-order valence-corrected chi connectivity index (χ3v) is 2.44. The lowest BCUT2D eigenvalue weighted by molar-refractivity contribution is -0.116. The van der Waals surface area contributed by atoms with Crippen LogP contribution in [0.1, 0.15) is 11.1 Å². The molecule has 16 heavy (non-hydrogen) atoms. The third kappa shape index (κ3) is 4.04. The van der Waals surface area contributed by atoms with Crippen molar-refractivity contribution in [2.45, 2.75) is 6.92 Å². The van der Waals surface area contributed by atoms with E-state index in [1.807, 2.05) is 19.1 Å². The largest absolute Gasteiger partial charge is 0.395 e. The average Bonchev–Trinajstić information content (AvgIpc) is 2.28. The quantitative estimate of drug-likeness (QED) is 0.787. The van der Waals surface area contributed by atoms with Gasteiger partial charge in [0.25, 0.3) is 0 Å². The molecule has 0 fully saturated rings. The second kappa shape index (κ2) is 6.30. The average molecular weight is 240 g/mol. The molecule has 1 aromatic rings. The highest BCUT2D eigenvalue weighted by Gasteiger charge is 1.96. The van der Waals surface area contributed by atoms with Crippen molar-refractivity contribution in [3.8, 4) is 0 Å². The summed E-state index contributed by atoms with van der Waals surface area (Å²) < 4.78 is 0. The number of benzene rings is 1. The van der Waals surface area contributed by atoms with Gasteiger partial charge in [-0.15, -0.1) is 0 Å². The molecule has 0 aliphatic rings. The maximum Gasteiger partial charge on any atom is 0.244 e. The third-order valence-electron chi connectivity index (χ3n) is 2.03. The Hall–Kier alpha value is -1.32. The topological polar surface area (TPSA) is 49.3 Å². The van der Waals surface area contributed by atoms with Crippen molar-refractivity contribution >= 4 is 23.6 Å². The maximum absolute atomic E-state index is 11.2. The van der Waals surface area contributed by atoms with Crippen LogP contribution in [0.25, 0.3) is 6.08 Å². The minimum atomic E-state index is -0.231. The predicted octanol–water partition coefficient (Wildman–Crippen LogP) is 1.77. The minimum absolute atomic E-state index is 0.0596. The number of halogens is 1. The van der Waals surface area contributed by atoms with Crippen LogP contribution in [0.5, 0.6) is 0 Å². The summed E-state index contributed by atoms with van der Waals surface area (Å²) in [6.45, 7) is 2.12. The molecule has 0 unspecified atom stereocenters. The molecule has 0 saturated carbocycles. The number of aliphatic hydroxyl groups is 1. The second-order valence-electron chi connectivity index (χ2n) is 3.36. The number of hydrogen-bond acceptors (Lipinski definition) is 2. The van der Waals surface area contributed by atoms with Crippen LogP contribution in [-0.2, 0) is 4.79 Å². The monoisotopic (exact) mass is 239 g/mol. The van der Waals surface area contributed by atoms with Crippen LogP contribution >= 0.6 is 11.6 Å². The van der Waals surface area contributed by atoms with Gasteiger partial charge in [0.05, 0.1) is 6.61 Å². The molecule has 1 amide bonds. The van der Waals surface area contributed by atoms with E-state index in [1.165, 1.54) is 6.08 Å². The Balaban J connectivity index is 2.62. The molecule has 0 atom stereocenters. The van der Waals surface area contributed by atoms with Gasteiger partial charge in [0.15, 0.2) is 0 Å². The summed E-state index contributed by atoms with van der Waals surface area (Å²) >= 11 is 5.95. The highest BCUT2D eigenvalue weighted by Crippen LogP contribution is 2.17. The molecule has 0 aromatic heterocycles. The molecular weight excluding hydrogens is 226 g/mol. The zero-order chi connectivity index (χ0) is 12.0. The summed E-state index contributed by atoms with van der Waals surface area (Å²) in [5.74, 6) is -0.231. The van der Waals surface area contributed by atoms with Crippen molar-refractivity contribution in [1.82, 2.24) is 5.32 Å². The Morgan fingerprint density at radius 3 is 2.94 bits per heavy atom. The highest BCUT2D eigenvalue weighted by atomic mass is 35.5.